The van der Waals surface area contributed by atoms with Crippen molar-refractivity contribution in [1.29, 1.82) is 0 Å². The van der Waals surface area contributed by atoms with Crippen LogP contribution in [0, 0.1) is 0 Å². The molecule has 1 saturated heterocycles. The van der Waals surface area contributed by atoms with Crippen LogP contribution < -0.4 is 21.5 Å². The van der Waals surface area contributed by atoms with Gasteiger partial charge in [-0.15, -0.1) is 0 Å². The summed E-state index contributed by atoms with van der Waals surface area (Å²) in [5.74, 6) is 1.53. The zero-order valence-electron chi connectivity index (χ0n) is 12.9. The van der Waals surface area contributed by atoms with E-state index in [4.69, 9.17) is 5.73 Å². The highest BCUT2D eigenvalue weighted by Crippen LogP contribution is 2.07. The van der Waals surface area contributed by atoms with Crippen molar-refractivity contribution >= 4 is 11.6 Å². The van der Waals surface area contributed by atoms with Crippen LogP contribution in [0.3, 0.4) is 0 Å². The highest BCUT2D eigenvalue weighted by molar-refractivity contribution is 5.38. The Labute approximate surface area is 130 Å². The number of hydrogen-bond acceptors (Lipinski definition) is 5. The fourth-order valence-electron chi connectivity index (χ4n) is 2.22. The molecule has 0 unspecified atom stereocenters. The molecule has 0 aliphatic carbocycles. The number of nitrogens with one attached hydrogen (secondary N) is 2. The maximum absolute atomic E-state index is 11.0. The molecule has 3 rings (SSSR count). The molecule has 3 heterocycles. The predicted molar refractivity (Wildman–Crippen MR) is 90.2 cm³/mol. The van der Waals surface area contributed by atoms with Gasteiger partial charge in [-0.1, -0.05) is 19.1 Å². The molecule has 1 fully saturated rings. The Hall–Kier alpha value is -2.34. The average molecular weight is 301 g/mol. The van der Waals surface area contributed by atoms with Crippen molar-refractivity contribution in [3.8, 4) is 0 Å². The molecule has 118 valence electrons. The summed E-state index contributed by atoms with van der Waals surface area (Å²) in [6.45, 7) is 5.94. The Morgan fingerprint density at radius 2 is 1.91 bits per heavy atom. The van der Waals surface area contributed by atoms with Crippen molar-refractivity contribution in [2.45, 2.75) is 13.3 Å². The molecular weight excluding hydrogens is 278 g/mol. The Bertz CT molecular complexity index is 634. The number of nitrogens with two attached hydrogens (primary N) is 1. The molecule has 0 spiro atoms. The maximum Gasteiger partial charge on any atom is 0.249 e. The van der Waals surface area contributed by atoms with Crippen molar-refractivity contribution in [2.75, 3.05) is 36.8 Å². The molecule has 0 aromatic carbocycles. The highest BCUT2D eigenvalue weighted by Gasteiger charge is 2.09. The van der Waals surface area contributed by atoms with Crippen molar-refractivity contribution in [3.05, 3.63) is 52.4 Å². The minimum absolute atomic E-state index is 0.0315. The summed E-state index contributed by atoms with van der Waals surface area (Å²) in [5.41, 5.74) is 6.44. The average Bonchev–Trinajstić information content (AvgIpc) is 2.56. The Morgan fingerprint density at radius 3 is 2.50 bits per heavy atom. The number of hydrogen-bond donors (Lipinski definition) is 3. The van der Waals surface area contributed by atoms with Crippen molar-refractivity contribution < 1.29 is 0 Å². The lowest BCUT2D eigenvalue weighted by Crippen LogP contribution is -2.44. The maximum atomic E-state index is 11.0. The van der Waals surface area contributed by atoms with E-state index >= 15 is 0 Å². The smallest absolute Gasteiger partial charge is 0.249 e. The molecule has 0 amide bonds. The lowest BCUT2D eigenvalue weighted by atomic mass is 10.3. The predicted octanol–water partition coefficient (Wildman–Crippen LogP) is 1.01. The molecule has 2 aromatic rings. The van der Waals surface area contributed by atoms with Gasteiger partial charge >= 0.3 is 0 Å². The third kappa shape index (κ3) is 4.89. The van der Waals surface area contributed by atoms with Crippen LogP contribution in [0.1, 0.15) is 12.6 Å². The topological polar surface area (TPSA) is 87.0 Å². The molecule has 2 aromatic heterocycles. The molecule has 6 heteroatoms. The number of aryl methyl sites for hydroxylation is 1. The van der Waals surface area contributed by atoms with E-state index in [0.717, 1.165) is 44.1 Å². The molecule has 1 aliphatic rings. The Kier molecular flexibility index (Phi) is 5.97. The van der Waals surface area contributed by atoms with Crippen molar-refractivity contribution in [1.82, 2.24) is 15.3 Å². The molecule has 22 heavy (non-hydrogen) atoms. The molecule has 0 bridgehead atoms. The molecule has 0 saturated carbocycles. The van der Waals surface area contributed by atoms with E-state index in [1.807, 2.05) is 18.2 Å². The highest BCUT2D eigenvalue weighted by atomic mass is 16.1. The molecule has 1 aliphatic heterocycles. The number of anilines is 2. The summed E-state index contributed by atoms with van der Waals surface area (Å²) < 4.78 is 0. The first kappa shape index (κ1) is 16.0. The zero-order chi connectivity index (χ0) is 15.8. The summed E-state index contributed by atoms with van der Waals surface area (Å²) >= 11 is 0. The summed E-state index contributed by atoms with van der Waals surface area (Å²) in [5, 5.41) is 3.27. The van der Waals surface area contributed by atoms with E-state index in [2.05, 4.69) is 27.1 Å². The SMILES string of the molecule is CCc1cccc(N)n1.O=c1cccc(N2CCNCC2)[nH]1. The van der Waals surface area contributed by atoms with Gasteiger partial charge in [-0.2, -0.15) is 0 Å². The molecule has 0 atom stereocenters. The van der Waals surface area contributed by atoms with Gasteiger partial charge in [0.25, 0.3) is 0 Å². The summed E-state index contributed by atoms with van der Waals surface area (Å²) in [6.07, 6.45) is 0.949. The van der Waals surface area contributed by atoms with E-state index in [1.165, 1.54) is 6.07 Å². The molecule has 6 nitrogen and oxygen atoms in total. The van der Waals surface area contributed by atoms with E-state index in [0.29, 0.717) is 5.82 Å². The number of pyridine rings is 2. The van der Waals surface area contributed by atoms with Crippen LogP contribution in [0.15, 0.2) is 41.2 Å². The van der Waals surface area contributed by atoms with Gasteiger partial charge in [0.1, 0.15) is 11.6 Å². The molecule has 0 radical (unpaired) electrons. The van der Waals surface area contributed by atoms with Crippen LogP contribution in [0.5, 0.6) is 0 Å². The standard InChI is InChI=1S/C9H13N3O.C7H10N2/c13-9-3-1-2-8(11-9)12-6-4-10-5-7-12;1-2-6-4-3-5-7(8)9-6/h1-3,10H,4-7H2,(H,11,13);3-5H,2H2,1H3,(H2,8,9). The zero-order valence-corrected chi connectivity index (χ0v) is 12.9. The molecule has 4 N–H and O–H groups in total. The van der Waals surface area contributed by atoms with E-state index in [1.54, 1.807) is 12.1 Å². The number of nitrogen functional groups attached to an aromatic ring is 1. The van der Waals surface area contributed by atoms with Crippen LogP contribution >= 0.6 is 0 Å². The minimum Gasteiger partial charge on any atom is -0.384 e. The van der Waals surface area contributed by atoms with Gasteiger partial charge in [-0.3, -0.25) is 4.79 Å². The Morgan fingerprint density at radius 1 is 1.18 bits per heavy atom. The fraction of sp³-hybridized carbons (Fsp3) is 0.375. The van der Waals surface area contributed by atoms with Crippen molar-refractivity contribution in [2.24, 2.45) is 0 Å². The van der Waals surface area contributed by atoms with Gasteiger partial charge in [0.2, 0.25) is 5.56 Å². The monoisotopic (exact) mass is 301 g/mol. The minimum atomic E-state index is -0.0315. The van der Waals surface area contributed by atoms with Gasteiger partial charge in [-0.25, -0.2) is 4.98 Å². The fourth-order valence-corrected chi connectivity index (χ4v) is 2.22. The van der Waals surface area contributed by atoms with Gasteiger partial charge in [0.05, 0.1) is 0 Å². The quantitative estimate of drug-likeness (QED) is 0.770. The molecular formula is C16H23N5O. The summed E-state index contributed by atoms with van der Waals surface area (Å²) in [4.78, 5) is 20.1. The largest absolute Gasteiger partial charge is 0.384 e. The number of nitrogens with zero attached hydrogens (tertiary/aromatic N) is 2. The second-order valence-electron chi connectivity index (χ2n) is 5.04. The van der Waals surface area contributed by atoms with Crippen LogP contribution in [-0.2, 0) is 6.42 Å². The normalized spacial score (nSPS) is 14.1. The third-order valence-corrected chi connectivity index (χ3v) is 3.40. The first-order valence-electron chi connectivity index (χ1n) is 7.55. The first-order valence-corrected chi connectivity index (χ1v) is 7.55. The van der Waals surface area contributed by atoms with Crippen LogP contribution in [-0.4, -0.2) is 36.1 Å². The van der Waals surface area contributed by atoms with E-state index in [-0.39, 0.29) is 5.56 Å². The van der Waals surface area contributed by atoms with Gasteiger partial charge in [0.15, 0.2) is 0 Å². The number of aromatic nitrogens is 2. The third-order valence-electron chi connectivity index (χ3n) is 3.40. The lowest BCUT2D eigenvalue weighted by Gasteiger charge is -2.28. The Balaban J connectivity index is 0.000000172. The van der Waals surface area contributed by atoms with Gasteiger partial charge in [-0.05, 0) is 24.6 Å². The van der Waals surface area contributed by atoms with Crippen LogP contribution in [0.25, 0.3) is 0 Å². The van der Waals surface area contributed by atoms with Crippen LogP contribution in [0.2, 0.25) is 0 Å². The number of rotatable bonds is 2. The first-order chi connectivity index (χ1) is 10.7. The summed E-state index contributed by atoms with van der Waals surface area (Å²) in [6, 6.07) is 10.9. The second-order valence-corrected chi connectivity index (χ2v) is 5.04. The second kappa shape index (κ2) is 8.19. The van der Waals surface area contributed by atoms with Gasteiger partial charge in [0, 0.05) is 37.9 Å². The summed E-state index contributed by atoms with van der Waals surface area (Å²) in [7, 11) is 0. The van der Waals surface area contributed by atoms with Gasteiger partial charge < -0.3 is 20.9 Å². The van der Waals surface area contributed by atoms with E-state index in [9.17, 15) is 4.79 Å². The number of piperazine rings is 1. The number of H-pyrrole nitrogens is 1. The van der Waals surface area contributed by atoms with E-state index < -0.39 is 0 Å². The van der Waals surface area contributed by atoms with Crippen LogP contribution in [0.4, 0.5) is 11.6 Å². The lowest BCUT2D eigenvalue weighted by molar-refractivity contribution is 0.584. The number of aromatic amines is 1. The van der Waals surface area contributed by atoms with Crippen molar-refractivity contribution in [3.63, 3.8) is 0 Å².